The molecule has 0 aliphatic rings. The van der Waals surface area contributed by atoms with Gasteiger partial charge in [0.25, 0.3) is 0 Å². The first-order valence-electron chi connectivity index (χ1n) is 9.38. The third-order valence-corrected chi connectivity index (χ3v) is 2.99. The van der Waals surface area contributed by atoms with Crippen LogP contribution >= 0.6 is 0 Å². The van der Waals surface area contributed by atoms with Crippen LogP contribution in [0, 0.1) is 31.1 Å². The Bertz CT molecular complexity index is 453. The molecule has 9 nitrogen and oxygen atoms in total. The van der Waals surface area contributed by atoms with Gasteiger partial charge in [-0.25, -0.2) is 0 Å². The Hall–Kier alpha value is -0.408. The van der Waals surface area contributed by atoms with Gasteiger partial charge < -0.3 is 45.7 Å². The summed E-state index contributed by atoms with van der Waals surface area (Å²) in [5.41, 5.74) is 6.21. The van der Waals surface area contributed by atoms with Gasteiger partial charge in [0.05, 0.1) is 19.3 Å². The Morgan fingerprint density at radius 2 is 1.66 bits per heavy atom. The fourth-order valence-electron chi connectivity index (χ4n) is 1.67. The summed E-state index contributed by atoms with van der Waals surface area (Å²) in [5, 5.41) is 41.0. The summed E-state index contributed by atoms with van der Waals surface area (Å²) in [6.07, 6.45) is -4.56. The normalized spacial score (nSPS) is 14.0. The van der Waals surface area contributed by atoms with E-state index in [1.807, 2.05) is 13.8 Å². The Balaban J connectivity index is -0.00000103. The van der Waals surface area contributed by atoms with Crippen molar-refractivity contribution in [2.75, 3.05) is 33.4 Å². The molecule has 6 N–H and O–H groups in total. The van der Waals surface area contributed by atoms with Crippen LogP contribution in [0.3, 0.4) is 0 Å². The van der Waals surface area contributed by atoms with Crippen LogP contribution in [0.4, 0.5) is 0 Å². The van der Waals surface area contributed by atoms with Gasteiger partial charge in [-0.3, -0.25) is 0 Å². The van der Waals surface area contributed by atoms with E-state index < -0.39 is 31.4 Å². The van der Waals surface area contributed by atoms with E-state index in [1.54, 1.807) is 14.0 Å². The zero-order chi connectivity index (χ0) is 21.9. The van der Waals surface area contributed by atoms with Crippen molar-refractivity contribution in [3.8, 4) is 11.5 Å². The number of hydrogen-bond donors (Lipinski definition) is 5. The van der Waals surface area contributed by atoms with Crippen LogP contribution in [-0.4, -0.2) is 78.6 Å². The number of aliphatic hydroxyl groups is 3. The first-order valence-corrected chi connectivity index (χ1v) is 9.38. The second-order valence-electron chi connectivity index (χ2n) is 5.30. The molecule has 0 amide bonds. The number of nitrogens with one attached hydrogen (secondary N) is 2. The minimum atomic E-state index is -1.48. The SMILES string of the molecule is CC.CC[NH-].CNCCOC(OC(CO)C(C)O)[C@@H](O)Oc1ccc(O)cc1.[U]. The molecule has 10 heteroatoms. The number of hydrogen-bond acceptors (Lipinski definition) is 8. The summed E-state index contributed by atoms with van der Waals surface area (Å²) in [7, 11) is 1.74. The molecule has 1 rings (SSSR count). The first kappa shape index (κ1) is 33.2. The van der Waals surface area contributed by atoms with Gasteiger partial charge in [0.1, 0.15) is 17.6 Å². The molecule has 170 valence electrons. The molecule has 0 saturated heterocycles. The third-order valence-electron chi connectivity index (χ3n) is 2.99. The molecule has 0 radical (unpaired) electrons. The van der Waals surface area contributed by atoms with Crippen molar-refractivity contribution in [2.24, 2.45) is 0 Å². The number of phenols is 1. The van der Waals surface area contributed by atoms with Crippen LogP contribution in [-0.2, 0) is 9.47 Å². The number of ether oxygens (including phenoxy) is 3. The van der Waals surface area contributed by atoms with Crippen molar-refractivity contribution >= 4 is 0 Å². The maximum absolute atomic E-state index is 10.1. The first-order chi connectivity index (χ1) is 13.4. The molecule has 0 aliphatic heterocycles. The van der Waals surface area contributed by atoms with Gasteiger partial charge >= 0.3 is 0 Å². The summed E-state index contributed by atoms with van der Waals surface area (Å²) < 4.78 is 16.1. The summed E-state index contributed by atoms with van der Waals surface area (Å²) in [6.45, 7) is 8.06. The molecule has 0 aliphatic carbocycles. The van der Waals surface area contributed by atoms with E-state index in [0.29, 0.717) is 18.8 Å². The quantitative estimate of drug-likeness (QED) is 0.180. The van der Waals surface area contributed by atoms with Gasteiger partial charge in [0.15, 0.2) is 0 Å². The summed E-state index contributed by atoms with van der Waals surface area (Å²) in [6, 6.07) is 5.76. The molecule has 0 spiro atoms. The number of phenolic OH excluding ortho intramolecular Hbond substituents is 1. The van der Waals surface area contributed by atoms with Crippen LogP contribution < -0.4 is 10.1 Å². The van der Waals surface area contributed by atoms with E-state index in [4.69, 9.17) is 19.9 Å². The van der Waals surface area contributed by atoms with Crippen molar-refractivity contribution in [3.05, 3.63) is 30.0 Å². The minimum Gasteiger partial charge on any atom is -0.678 e. The Labute approximate surface area is 197 Å². The summed E-state index contributed by atoms with van der Waals surface area (Å²) in [4.78, 5) is 0. The Morgan fingerprint density at radius 3 is 2.07 bits per heavy atom. The second-order valence-corrected chi connectivity index (χ2v) is 5.30. The van der Waals surface area contributed by atoms with E-state index in [-0.39, 0.29) is 43.5 Å². The Morgan fingerprint density at radius 1 is 1.14 bits per heavy atom. The molecule has 1 aromatic carbocycles. The van der Waals surface area contributed by atoms with Crippen molar-refractivity contribution in [2.45, 2.75) is 52.5 Å². The van der Waals surface area contributed by atoms with Crippen LogP contribution in [0.5, 0.6) is 11.5 Å². The van der Waals surface area contributed by atoms with Crippen molar-refractivity contribution in [1.29, 1.82) is 0 Å². The zero-order valence-electron chi connectivity index (χ0n) is 18.0. The minimum absolute atomic E-state index is 0. The molecule has 0 bridgehead atoms. The van der Waals surface area contributed by atoms with Crippen LogP contribution in [0.25, 0.3) is 5.73 Å². The molecular formula is C19H37N2O7U-. The summed E-state index contributed by atoms with van der Waals surface area (Å²) in [5.74, 6) is 0.373. The number of aliphatic hydroxyl groups excluding tert-OH is 3. The standard InChI is InChI=1S/C15H25NO7.C2H6N.C2H6.U/c1-10(18)13(9-17)23-15(21-8-7-16-2)14(20)22-12-5-3-11(19)4-6-12;1-2-3;1-2;/h3-6,10,13-20H,7-9H2,1-2H3;3H,2H2,1H3;1-2H3;/q;-1;;/t10?,13?,14-,15?;;;/m0.../s1. The average Bonchev–Trinajstić information content (AvgIpc) is 2.68. The predicted molar refractivity (Wildman–Crippen MR) is 108 cm³/mol. The van der Waals surface area contributed by atoms with Gasteiger partial charge in [0, 0.05) is 37.7 Å². The van der Waals surface area contributed by atoms with Gasteiger partial charge in [-0.2, -0.15) is 6.54 Å². The van der Waals surface area contributed by atoms with Crippen LogP contribution in [0.15, 0.2) is 24.3 Å². The van der Waals surface area contributed by atoms with E-state index in [1.165, 1.54) is 31.2 Å². The molecule has 0 saturated carbocycles. The molecule has 0 aromatic heterocycles. The molecule has 0 fully saturated rings. The van der Waals surface area contributed by atoms with Crippen molar-refractivity contribution in [1.82, 2.24) is 5.32 Å². The maximum atomic E-state index is 10.1. The van der Waals surface area contributed by atoms with Crippen LogP contribution in [0.1, 0.15) is 27.7 Å². The molecular weight excluding hydrogens is 606 g/mol. The van der Waals surface area contributed by atoms with Crippen LogP contribution in [0.2, 0.25) is 0 Å². The molecule has 4 atom stereocenters. The summed E-state index contributed by atoms with van der Waals surface area (Å²) >= 11 is 0. The van der Waals surface area contributed by atoms with Crippen molar-refractivity contribution in [3.63, 3.8) is 0 Å². The topological polar surface area (TPSA) is 144 Å². The predicted octanol–water partition coefficient (Wildman–Crippen LogP) is 1.49. The molecule has 29 heavy (non-hydrogen) atoms. The number of benzene rings is 1. The zero-order valence-corrected chi connectivity index (χ0v) is 22.1. The number of likely N-dealkylation sites (N-methyl/N-ethyl adjacent to an activating group) is 1. The maximum Gasteiger partial charge on any atom is 0.249 e. The van der Waals surface area contributed by atoms with Gasteiger partial charge in [-0.15, -0.1) is 0 Å². The molecule has 3 unspecified atom stereocenters. The fourth-order valence-corrected chi connectivity index (χ4v) is 1.67. The third kappa shape index (κ3) is 17.0. The smallest absolute Gasteiger partial charge is 0.249 e. The monoisotopic (exact) mass is 643 g/mol. The van der Waals surface area contributed by atoms with Gasteiger partial charge in [0.2, 0.25) is 12.6 Å². The molecule has 0 heterocycles. The van der Waals surface area contributed by atoms with E-state index in [2.05, 4.69) is 5.32 Å². The average molecular weight is 644 g/mol. The number of aromatic hydroxyl groups is 1. The fraction of sp³-hybridized carbons (Fsp3) is 0.684. The van der Waals surface area contributed by atoms with Gasteiger partial charge in [-0.1, -0.05) is 20.8 Å². The largest absolute Gasteiger partial charge is 0.678 e. The second kappa shape index (κ2) is 22.3. The van der Waals surface area contributed by atoms with E-state index >= 15 is 0 Å². The van der Waals surface area contributed by atoms with E-state index in [0.717, 1.165) is 0 Å². The van der Waals surface area contributed by atoms with E-state index in [9.17, 15) is 20.4 Å². The Kier molecular flexibility index (Phi) is 25.5. The van der Waals surface area contributed by atoms with Gasteiger partial charge in [-0.05, 0) is 38.2 Å². The number of rotatable bonds is 11. The molecule has 1 aromatic rings. The van der Waals surface area contributed by atoms with Crippen molar-refractivity contribution < 1.29 is 65.7 Å².